The molecule has 278 valence electrons. The molecule has 57 heavy (non-hydrogen) atoms. The van der Waals surface area contributed by atoms with Crippen LogP contribution in [-0.4, -0.2) is 24.5 Å². The summed E-state index contributed by atoms with van der Waals surface area (Å²) < 4.78 is 2.50. The Morgan fingerprint density at radius 3 is 2.28 bits per heavy atom. The van der Waals surface area contributed by atoms with Gasteiger partial charge in [0.05, 0.1) is 16.4 Å². The van der Waals surface area contributed by atoms with Gasteiger partial charge in [0, 0.05) is 17.4 Å². The first kappa shape index (κ1) is 34.1. The lowest BCUT2D eigenvalue weighted by atomic mass is 9.74. The molecule has 3 aromatic carbocycles. The summed E-state index contributed by atoms with van der Waals surface area (Å²) in [5, 5.41) is 2.48. The third-order valence-electron chi connectivity index (χ3n) is 12.7. The van der Waals surface area contributed by atoms with Crippen molar-refractivity contribution in [2.45, 2.75) is 69.6 Å². The fourth-order valence-corrected chi connectivity index (χ4v) is 9.88. The van der Waals surface area contributed by atoms with Crippen LogP contribution < -0.4 is 10.7 Å². The molecule has 0 bridgehead atoms. The third-order valence-corrected chi connectivity index (χ3v) is 12.7. The fraction of sp³-hybridized carbons (Fsp3) is 0.231. The average molecular weight is 740 g/mol. The minimum atomic E-state index is 0.159. The van der Waals surface area contributed by atoms with Gasteiger partial charge >= 0.3 is 0 Å². The highest BCUT2D eigenvalue weighted by molar-refractivity contribution is 5.86. The Labute approximate surface area is 334 Å². The Balaban J connectivity index is 0.962. The summed E-state index contributed by atoms with van der Waals surface area (Å²) >= 11 is 0. The number of hydrogen-bond acceptors (Lipinski definition) is 4. The van der Waals surface area contributed by atoms with Crippen LogP contribution in [0.3, 0.4) is 0 Å². The fourth-order valence-electron chi connectivity index (χ4n) is 9.88. The highest BCUT2D eigenvalue weighted by Gasteiger charge is 2.34. The predicted octanol–water partition coefficient (Wildman–Crippen LogP) is 10.8. The molecule has 3 atom stereocenters. The normalized spacial score (nSPS) is 21.7. The van der Waals surface area contributed by atoms with Crippen molar-refractivity contribution in [3.8, 4) is 28.2 Å². The zero-order valence-corrected chi connectivity index (χ0v) is 32.2. The molecule has 2 aromatic heterocycles. The van der Waals surface area contributed by atoms with Gasteiger partial charge in [0.1, 0.15) is 11.6 Å². The van der Waals surface area contributed by atoms with Crippen LogP contribution in [0.15, 0.2) is 140 Å². The molecule has 5 aliphatic carbocycles. The molecule has 11 rings (SSSR count). The van der Waals surface area contributed by atoms with E-state index in [1.165, 1.54) is 56.4 Å². The van der Waals surface area contributed by atoms with Crippen LogP contribution in [0.2, 0.25) is 0 Å². The maximum atomic E-state index is 5.42. The van der Waals surface area contributed by atoms with E-state index in [2.05, 4.69) is 150 Å². The van der Waals surface area contributed by atoms with Crippen LogP contribution in [0.5, 0.6) is 0 Å². The predicted molar refractivity (Wildman–Crippen MR) is 232 cm³/mol. The number of fused-ring (bicyclic) bond motifs is 5. The third kappa shape index (κ3) is 6.17. The summed E-state index contributed by atoms with van der Waals surface area (Å²) in [4.78, 5) is 20.7. The van der Waals surface area contributed by atoms with E-state index < -0.39 is 0 Å². The topological polar surface area (TPSA) is 56.5 Å². The lowest BCUT2D eigenvalue weighted by molar-refractivity contribution is 0.522. The van der Waals surface area contributed by atoms with Crippen LogP contribution in [-0.2, 0) is 0 Å². The van der Waals surface area contributed by atoms with Gasteiger partial charge in [-0.25, -0.2) is 19.9 Å². The number of allylic oxidation sites excluding steroid dienone is 14. The van der Waals surface area contributed by atoms with Gasteiger partial charge in [-0.1, -0.05) is 121 Å². The Morgan fingerprint density at radius 2 is 1.42 bits per heavy atom. The first-order valence-corrected chi connectivity index (χ1v) is 20.9. The number of aromatic nitrogens is 5. The number of rotatable bonds is 6. The van der Waals surface area contributed by atoms with Gasteiger partial charge in [0.2, 0.25) is 0 Å². The van der Waals surface area contributed by atoms with Crippen molar-refractivity contribution in [3.05, 3.63) is 179 Å². The van der Waals surface area contributed by atoms with Crippen LogP contribution in [0.1, 0.15) is 98.2 Å². The number of hydrogen-bond donors (Lipinski definition) is 0. The Bertz CT molecular complexity index is 2800. The van der Waals surface area contributed by atoms with Gasteiger partial charge < -0.3 is 0 Å². The molecular weight excluding hydrogens is 695 g/mol. The van der Waals surface area contributed by atoms with E-state index in [1.807, 2.05) is 0 Å². The van der Waals surface area contributed by atoms with Crippen LogP contribution >= 0.6 is 0 Å². The summed E-state index contributed by atoms with van der Waals surface area (Å²) in [5.74, 6) is 4.61. The van der Waals surface area contributed by atoms with E-state index in [-0.39, 0.29) is 5.92 Å². The molecule has 0 saturated heterocycles. The lowest BCUT2D eigenvalue weighted by Gasteiger charge is -2.30. The molecule has 5 nitrogen and oxygen atoms in total. The first-order chi connectivity index (χ1) is 28.2. The summed E-state index contributed by atoms with van der Waals surface area (Å²) in [7, 11) is 0. The molecular formula is C52H45N5. The second-order valence-corrected chi connectivity index (χ2v) is 16.2. The highest BCUT2D eigenvalue weighted by atomic mass is 15.1. The molecule has 3 heterocycles. The largest absolute Gasteiger partial charge is 0.292 e. The smallest absolute Gasteiger partial charge is 0.159 e. The van der Waals surface area contributed by atoms with Crippen LogP contribution in [0, 0.1) is 5.92 Å². The standard InChI is InChI=1S/C52H45N5/c1-3-15-34(16-4-1)49-54-50(35-17-5-2-6-18-35)56-51(55-49)40-23-12-21-38(32-40)36-19-11-20-37(31-36)39-22-13-24-41(33-39)52-53-46-29-14-28-45-43-26-8-7-25-42(43)44-27-9-10-30-47(44)57(52)48(45)46/h1-5,7,9-11,13,15,17,19-22,24-25,27,29-34,42-43H,6,8,12,14,16,18,23,26,28H2. The summed E-state index contributed by atoms with van der Waals surface area (Å²) in [6.07, 6.45) is 36.3. The van der Waals surface area contributed by atoms with Crippen molar-refractivity contribution in [1.29, 1.82) is 0 Å². The van der Waals surface area contributed by atoms with E-state index in [0.29, 0.717) is 11.8 Å². The zero-order valence-electron chi connectivity index (χ0n) is 32.2. The molecule has 0 N–H and O–H groups in total. The van der Waals surface area contributed by atoms with Gasteiger partial charge in [-0.3, -0.25) is 4.57 Å². The van der Waals surface area contributed by atoms with Gasteiger partial charge in [-0.05, 0) is 133 Å². The minimum absolute atomic E-state index is 0.159. The van der Waals surface area contributed by atoms with E-state index in [4.69, 9.17) is 19.9 Å². The van der Waals surface area contributed by atoms with E-state index in [1.54, 1.807) is 5.57 Å². The van der Waals surface area contributed by atoms with Crippen molar-refractivity contribution in [2.24, 2.45) is 5.92 Å². The number of imidazole rings is 1. The molecule has 0 saturated carbocycles. The van der Waals surface area contributed by atoms with Gasteiger partial charge in [-0.2, -0.15) is 0 Å². The number of nitrogens with zero attached hydrogens (tertiary/aromatic N) is 5. The molecule has 1 aliphatic heterocycles. The van der Waals surface area contributed by atoms with Gasteiger partial charge in [0.25, 0.3) is 0 Å². The van der Waals surface area contributed by atoms with Crippen molar-refractivity contribution in [1.82, 2.24) is 24.5 Å². The van der Waals surface area contributed by atoms with Crippen LogP contribution in [0.25, 0.3) is 56.6 Å². The molecule has 0 amide bonds. The molecule has 0 spiro atoms. The van der Waals surface area contributed by atoms with Crippen LogP contribution in [0.4, 0.5) is 0 Å². The zero-order chi connectivity index (χ0) is 37.7. The Morgan fingerprint density at radius 1 is 0.614 bits per heavy atom. The maximum absolute atomic E-state index is 5.42. The molecule has 0 radical (unpaired) electrons. The molecule has 5 heteroatoms. The molecule has 0 fully saturated rings. The molecule has 3 unspecified atom stereocenters. The monoisotopic (exact) mass is 739 g/mol. The van der Waals surface area contributed by atoms with Gasteiger partial charge in [-0.15, -0.1) is 0 Å². The highest BCUT2D eigenvalue weighted by Crippen LogP contribution is 2.44. The van der Waals surface area contributed by atoms with E-state index >= 15 is 0 Å². The SMILES string of the molecule is C1=CCCC(c2nc(C3=CC(c4cccc(-c5cccc(-c6nc7c8n6-c6ccccc6C6C=CCCC6C=8CCC=7)c5)c4)=CCC3)nc(C3C=CC=CC3)n2)=C1. The molecule has 6 aliphatic rings. The number of para-hydroxylation sites is 1. The first-order valence-electron chi connectivity index (χ1n) is 20.9. The summed E-state index contributed by atoms with van der Waals surface area (Å²) in [6, 6.07) is 27.0. The second-order valence-electron chi connectivity index (χ2n) is 16.2. The quantitative estimate of drug-likeness (QED) is 0.163. The molecule has 5 aromatic rings. The average Bonchev–Trinajstić information content (AvgIpc) is 3.64. The van der Waals surface area contributed by atoms with Gasteiger partial charge in [0.15, 0.2) is 11.6 Å². The Kier molecular flexibility index (Phi) is 8.60. The number of benzene rings is 3. The maximum Gasteiger partial charge on any atom is 0.159 e. The van der Waals surface area contributed by atoms with E-state index in [9.17, 15) is 0 Å². The lowest BCUT2D eigenvalue weighted by Crippen LogP contribution is -2.35. The van der Waals surface area contributed by atoms with Crippen molar-refractivity contribution >= 4 is 28.4 Å². The van der Waals surface area contributed by atoms with Crippen molar-refractivity contribution in [2.75, 3.05) is 0 Å². The van der Waals surface area contributed by atoms with Crippen molar-refractivity contribution < 1.29 is 0 Å². The summed E-state index contributed by atoms with van der Waals surface area (Å²) in [5.41, 5.74) is 12.6. The Hall–Kier alpha value is -6.20. The van der Waals surface area contributed by atoms with E-state index in [0.717, 1.165) is 85.6 Å². The summed E-state index contributed by atoms with van der Waals surface area (Å²) in [6.45, 7) is 0. The van der Waals surface area contributed by atoms with Crippen molar-refractivity contribution in [3.63, 3.8) is 0 Å². The second kappa shape index (κ2) is 14.4. The minimum Gasteiger partial charge on any atom is -0.292 e.